The number of ether oxygens (including phenoxy) is 1. The van der Waals surface area contributed by atoms with Gasteiger partial charge in [-0.3, -0.25) is 0 Å². The van der Waals surface area contributed by atoms with Gasteiger partial charge >= 0.3 is 0 Å². The van der Waals surface area contributed by atoms with Crippen molar-refractivity contribution in [3.63, 3.8) is 0 Å². The smallest absolute Gasteiger partial charge is 0.124 e. The summed E-state index contributed by atoms with van der Waals surface area (Å²) in [6.07, 6.45) is 3.66. The molecule has 0 saturated heterocycles. The van der Waals surface area contributed by atoms with E-state index < -0.39 is 0 Å². The second-order valence-corrected chi connectivity index (χ2v) is 5.89. The molecule has 0 heterocycles. The van der Waals surface area contributed by atoms with Crippen molar-refractivity contribution in [1.29, 1.82) is 0 Å². The van der Waals surface area contributed by atoms with Gasteiger partial charge in [-0.2, -0.15) is 0 Å². The highest BCUT2D eigenvalue weighted by molar-refractivity contribution is 7.99. The van der Waals surface area contributed by atoms with Gasteiger partial charge in [-0.25, -0.2) is 0 Å². The fourth-order valence-electron chi connectivity index (χ4n) is 2.04. The molecule has 0 fully saturated rings. The van der Waals surface area contributed by atoms with Crippen molar-refractivity contribution in [2.75, 3.05) is 19.4 Å². The van der Waals surface area contributed by atoms with Crippen LogP contribution >= 0.6 is 11.8 Å². The number of rotatable bonds is 9. The second kappa shape index (κ2) is 9.27. The lowest BCUT2D eigenvalue weighted by atomic mass is 10.1. The Balaban J connectivity index is 2.88. The van der Waals surface area contributed by atoms with E-state index in [9.17, 15) is 0 Å². The number of hydrogen-bond acceptors (Lipinski definition) is 3. The molecule has 0 aliphatic rings. The third-order valence-corrected chi connectivity index (χ3v) is 4.29. The molecule has 1 unspecified atom stereocenters. The molecule has 2 nitrogen and oxygen atoms in total. The SMILES string of the molecule is CCCCSc1cccc(OC)c1C(C)NCCC. The summed E-state index contributed by atoms with van der Waals surface area (Å²) in [6.45, 7) is 7.69. The fourth-order valence-corrected chi connectivity index (χ4v) is 3.30. The molecule has 19 heavy (non-hydrogen) atoms. The monoisotopic (exact) mass is 281 g/mol. The zero-order valence-electron chi connectivity index (χ0n) is 12.7. The first-order valence-corrected chi connectivity index (χ1v) is 8.26. The summed E-state index contributed by atoms with van der Waals surface area (Å²) >= 11 is 1.94. The van der Waals surface area contributed by atoms with Crippen LogP contribution < -0.4 is 10.1 Å². The van der Waals surface area contributed by atoms with Crippen molar-refractivity contribution in [3.05, 3.63) is 23.8 Å². The largest absolute Gasteiger partial charge is 0.496 e. The molecule has 108 valence electrons. The van der Waals surface area contributed by atoms with Crippen LogP contribution in [-0.2, 0) is 0 Å². The summed E-state index contributed by atoms with van der Waals surface area (Å²) in [6, 6.07) is 6.69. The minimum absolute atomic E-state index is 0.334. The van der Waals surface area contributed by atoms with Gasteiger partial charge in [0.15, 0.2) is 0 Å². The molecule has 0 radical (unpaired) electrons. The molecular formula is C16H27NOS. The van der Waals surface area contributed by atoms with E-state index >= 15 is 0 Å². The average molecular weight is 281 g/mol. The molecule has 1 N–H and O–H groups in total. The summed E-state index contributed by atoms with van der Waals surface area (Å²) in [7, 11) is 1.76. The van der Waals surface area contributed by atoms with E-state index in [1.165, 1.54) is 29.1 Å². The predicted octanol–water partition coefficient (Wildman–Crippen LogP) is 4.65. The zero-order valence-corrected chi connectivity index (χ0v) is 13.5. The maximum absolute atomic E-state index is 5.54. The van der Waals surface area contributed by atoms with Gasteiger partial charge in [-0.1, -0.05) is 26.3 Å². The van der Waals surface area contributed by atoms with Gasteiger partial charge in [-0.05, 0) is 44.2 Å². The lowest BCUT2D eigenvalue weighted by Gasteiger charge is -2.20. The van der Waals surface area contributed by atoms with Crippen molar-refractivity contribution in [1.82, 2.24) is 5.32 Å². The Bertz CT molecular complexity index is 368. The summed E-state index contributed by atoms with van der Waals surface area (Å²) in [5.74, 6) is 2.18. The Labute approximate surface area is 122 Å². The first kappa shape index (κ1) is 16.4. The topological polar surface area (TPSA) is 21.3 Å². The molecular weight excluding hydrogens is 254 g/mol. The summed E-state index contributed by atoms with van der Waals surface area (Å²) in [4.78, 5) is 1.35. The normalized spacial score (nSPS) is 12.4. The third kappa shape index (κ3) is 5.07. The Hall–Kier alpha value is -0.670. The highest BCUT2D eigenvalue weighted by Crippen LogP contribution is 2.35. The molecule has 0 aromatic heterocycles. The number of nitrogens with one attached hydrogen (secondary N) is 1. The molecule has 0 amide bonds. The van der Waals surface area contributed by atoms with Crippen LogP contribution in [0.1, 0.15) is 51.6 Å². The molecule has 0 spiro atoms. The highest BCUT2D eigenvalue weighted by Gasteiger charge is 2.15. The van der Waals surface area contributed by atoms with Crippen LogP contribution in [0, 0.1) is 0 Å². The maximum Gasteiger partial charge on any atom is 0.124 e. The molecule has 0 bridgehead atoms. The molecule has 1 aromatic rings. The lowest BCUT2D eigenvalue weighted by molar-refractivity contribution is 0.399. The van der Waals surface area contributed by atoms with Gasteiger partial charge in [0, 0.05) is 16.5 Å². The Morgan fingerprint density at radius 2 is 2.05 bits per heavy atom. The van der Waals surface area contributed by atoms with Gasteiger partial charge in [0.25, 0.3) is 0 Å². The molecule has 0 aliphatic carbocycles. The minimum atomic E-state index is 0.334. The van der Waals surface area contributed by atoms with Gasteiger partial charge < -0.3 is 10.1 Å². The van der Waals surface area contributed by atoms with Gasteiger partial charge in [0.05, 0.1) is 7.11 Å². The van der Waals surface area contributed by atoms with E-state index in [-0.39, 0.29) is 0 Å². The molecule has 0 aliphatic heterocycles. The Kier molecular flexibility index (Phi) is 7.99. The summed E-state index contributed by atoms with van der Waals surface area (Å²) in [5, 5.41) is 3.56. The quantitative estimate of drug-likeness (QED) is 0.526. The third-order valence-electron chi connectivity index (χ3n) is 3.14. The van der Waals surface area contributed by atoms with E-state index in [0.29, 0.717) is 6.04 Å². The maximum atomic E-state index is 5.54. The first-order valence-electron chi connectivity index (χ1n) is 7.27. The standard InChI is InChI=1S/C16H27NOS/c1-5-7-12-19-15-10-8-9-14(18-4)16(15)13(3)17-11-6-2/h8-10,13,17H,5-7,11-12H2,1-4H3. The van der Waals surface area contributed by atoms with Crippen LogP contribution in [0.15, 0.2) is 23.1 Å². The molecule has 0 saturated carbocycles. The highest BCUT2D eigenvalue weighted by atomic mass is 32.2. The fraction of sp³-hybridized carbons (Fsp3) is 0.625. The van der Waals surface area contributed by atoms with Crippen LogP contribution in [0.3, 0.4) is 0 Å². The van der Waals surface area contributed by atoms with Crippen molar-refractivity contribution in [2.24, 2.45) is 0 Å². The van der Waals surface area contributed by atoms with Crippen LogP contribution in [0.4, 0.5) is 0 Å². The molecule has 1 atom stereocenters. The van der Waals surface area contributed by atoms with Gasteiger partial charge in [0.2, 0.25) is 0 Å². The number of hydrogen-bond donors (Lipinski definition) is 1. The van der Waals surface area contributed by atoms with Crippen molar-refractivity contribution in [3.8, 4) is 5.75 Å². The van der Waals surface area contributed by atoms with Crippen LogP contribution in [0.5, 0.6) is 5.75 Å². The van der Waals surface area contributed by atoms with Crippen LogP contribution in [-0.4, -0.2) is 19.4 Å². The lowest BCUT2D eigenvalue weighted by Crippen LogP contribution is -2.20. The number of unbranched alkanes of at least 4 members (excludes halogenated alkanes) is 1. The molecule has 1 rings (SSSR count). The average Bonchev–Trinajstić information content (AvgIpc) is 2.44. The number of thioether (sulfide) groups is 1. The Morgan fingerprint density at radius 3 is 2.68 bits per heavy atom. The minimum Gasteiger partial charge on any atom is -0.496 e. The Morgan fingerprint density at radius 1 is 1.26 bits per heavy atom. The molecule has 3 heteroatoms. The van der Waals surface area contributed by atoms with Crippen LogP contribution in [0.25, 0.3) is 0 Å². The van der Waals surface area contributed by atoms with E-state index in [1.807, 2.05) is 11.8 Å². The number of benzene rings is 1. The van der Waals surface area contributed by atoms with Crippen LogP contribution in [0.2, 0.25) is 0 Å². The zero-order chi connectivity index (χ0) is 14.1. The first-order chi connectivity index (χ1) is 9.24. The van der Waals surface area contributed by atoms with Gasteiger partial charge in [0.1, 0.15) is 5.75 Å². The predicted molar refractivity (Wildman–Crippen MR) is 85.3 cm³/mol. The van der Waals surface area contributed by atoms with Crippen molar-refractivity contribution < 1.29 is 4.74 Å². The van der Waals surface area contributed by atoms with E-state index in [0.717, 1.165) is 18.7 Å². The molecule has 1 aromatic carbocycles. The van der Waals surface area contributed by atoms with E-state index in [4.69, 9.17) is 4.74 Å². The summed E-state index contributed by atoms with van der Waals surface area (Å²) < 4.78 is 5.54. The second-order valence-electron chi connectivity index (χ2n) is 4.75. The van der Waals surface area contributed by atoms with E-state index in [2.05, 4.69) is 44.3 Å². The number of methoxy groups -OCH3 is 1. The van der Waals surface area contributed by atoms with Crippen molar-refractivity contribution in [2.45, 2.75) is 51.0 Å². The van der Waals surface area contributed by atoms with E-state index in [1.54, 1.807) is 7.11 Å². The summed E-state index contributed by atoms with van der Waals surface area (Å²) in [5.41, 5.74) is 1.31. The van der Waals surface area contributed by atoms with Crippen molar-refractivity contribution >= 4 is 11.8 Å². The van der Waals surface area contributed by atoms with Gasteiger partial charge in [-0.15, -0.1) is 11.8 Å².